The zero-order valence-electron chi connectivity index (χ0n) is 12.5. The second-order valence-corrected chi connectivity index (χ2v) is 5.32. The van der Waals surface area contributed by atoms with E-state index in [1.165, 1.54) is 12.1 Å². The Balaban J connectivity index is 2.19. The number of rotatable bonds is 2. The van der Waals surface area contributed by atoms with Crippen molar-refractivity contribution in [2.75, 3.05) is 0 Å². The number of dihydropyridines is 1. The Labute approximate surface area is 130 Å². The molecule has 1 unspecified atom stereocenters. The Morgan fingerprint density at radius 2 is 1.91 bits per heavy atom. The molecule has 1 aliphatic rings. The summed E-state index contributed by atoms with van der Waals surface area (Å²) < 4.78 is 45.3. The van der Waals surface area contributed by atoms with E-state index in [0.717, 1.165) is 18.2 Å². The molecule has 0 radical (unpaired) electrons. The van der Waals surface area contributed by atoms with Gasteiger partial charge in [-0.05, 0) is 25.5 Å². The summed E-state index contributed by atoms with van der Waals surface area (Å²) >= 11 is 0. The molecule has 7 heteroatoms. The van der Waals surface area contributed by atoms with Crippen LogP contribution in [0.4, 0.5) is 13.2 Å². The first kappa shape index (κ1) is 15.3. The van der Waals surface area contributed by atoms with E-state index in [4.69, 9.17) is 4.42 Å². The van der Waals surface area contributed by atoms with Crippen molar-refractivity contribution in [2.24, 2.45) is 0 Å². The Kier molecular flexibility index (Phi) is 3.71. The Morgan fingerprint density at radius 1 is 1.17 bits per heavy atom. The molecule has 1 atom stereocenters. The molecule has 1 N–H and O–H groups in total. The van der Waals surface area contributed by atoms with E-state index >= 15 is 0 Å². The molecular formula is C16H14F3N3O. The van der Waals surface area contributed by atoms with Crippen molar-refractivity contribution in [1.82, 2.24) is 15.5 Å². The van der Waals surface area contributed by atoms with Gasteiger partial charge < -0.3 is 9.73 Å². The molecule has 0 bridgehead atoms. The third-order valence-electron chi connectivity index (χ3n) is 3.71. The van der Waals surface area contributed by atoms with Gasteiger partial charge in [0.05, 0.1) is 5.56 Å². The van der Waals surface area contributed by atoms with Crippen molar-refractivity contribution in [2.45, 2.75) is 25.9 Å². The molecule has 2 heterocycles. The van der Waals surface area contributed by atoms with E-state index in [1.807, 2.05) is 0 Å². The maximum absolute atomic E-state index is 13.4. The van der Waals surface area contributed by atoms with E-state index < -0.39 is 17.7 Å². The van der Waals surface area contributed by atoms with E-state index in [1.54, 1.807) is 26.0 Å². The number of alkyl halides is 3. The van der Waals surface area contributed by atoms with Crippen molar-refractivity contribution in [3.8, 4) is 0 Å². The fourth-order valence-electron chi connectivity index (χ4n) is 2.83. The normalized spacial score (nSPS) is 18.7. The molecule has 1 aromatic heterocycles. The second kappa shape index (κ2) is 5.57. The standard InChI is InChI=1S/C16H14F3N3O/c1-9-7-12(11-5-3-4-6-13(11)16(17,18)19)14(10(2)21-9)15-22-20-8-23-15/h3-8,12,21H,1-2H3. The van der Waals surface area contributed by atoms with Gasteiger partial charge in [-0.15, -0.1) is 10.2 Å². The van der Waals surface area contributed by atoms with Crippen LogP contribution in [0.3, 0.4) is 0 Å². The topological polar surface area (TPSA) is 51.0 Å². The fourth-order valence-corrected chi connectivity index (χ4v) is 2.83. The smallest absolute Gasteiger partial charge is 0.416 e. The fraction of sp³-hybridized carbons (Fsp3) is 0.250. The van der Waals surface area contributed by atoms with Gasteiger partial charge in [-0.25, -0.2) is 0 Å². The Hall–Kier alpha value is -2.57. The van der Waals surface area contributed by atoms with Crippen LogP contribution in [0.5, 0.6) is 0 Å². The molecule has 2 aromatic rings. The van der Waals surface area contributed by atoms with Gasteiger partial charge in [0.2, 0.25) is 12.3 Å². The molecule has 0 saturated carbocycles. The number of allylic oxidation sites excluding steroid dienone is 4. The number of aromatic nitrogens is 2. The summed E-state index contributed by atoms with van der Waals surface area (Å²) in [5, 5.41) is 10.6. The van der Waals surface area contributed by atoms with Gasteiger partial charge in [0.1, 0.15) is 0 Å². The van der Waals surface area contributed by atoms with Crippen LogP contribution in [0.2, 0.25) is 0 Å². The monoisotopic (exact) mass is 321 g/mol. The lowest BCUT2D eigenvalue weighted by atomic mass is 9.84. The van der Waals surface area contributed by atoms with Crippen molar-refractivity contribution < 1.29 is 17.6 Å². The van der Waals surface area contributed by atoms with E-state index in [2.05, 4.69) is 15.5 Å². The highest BCUT2D eigenvalue weighted by atomic mass is 19.4. The van der Waals surface area contributed by atoms with Crippen LogP contribution in [0.1, 0.15) is 36.8 Å². The van der Waals surface area contributed by atoms with Crippen LogP contribution in [0, 0.1) is 0 Å². The van der Waals surface area contributed by atoms with E-state index in [-0.39, 0.29) is 11.5 Å². The maximum atomic E-state index is 13.4. The van der Waals surface area contributed by atoms with Crippen molar-refractivity contribution in [3.63, 3.8) is 0 Å². The third kappa shape index (κ3) is 2.86. The molecule has 3 rings (SSSR count). The number of nitrogens with one attached hydrogen (secondary N) is 1. The molecule has 0 saturated heterocycles. The van der Waals surface area contributed by atoms with Gasteiger partial charge >= 0.3 is 6.18 Å². The first-order valence-corrected chi connectivity index (χ1v) is 6.97. The van der Waals surface area contributed by atoms with Crippen LogP contribution < -0.4 is 5.32 Å². The molecule has 4 nitrogen and oxygen atoms in total. The summed E-state index contributed by atoms with van der Waals surface area (Å²) in [5.74, 6) is -0.407. The third-order valence-corrected chi connectivity index (χ3v) is 3.71. The molecule has 120 valence electrons. The van der Waals surface area contributed by atoms with Crippen molar-refractivity contribution in [1.29, 1.82) is 0 Å². The summed E-state index contributed by atoms with van der Waals surface area (Å²) in [6, 6.07) is 5.54. The lowest BCUT2D eigenvalue weighted by Gasteiger charge is -2.27. The zero-order chi connectivity index (χ0) is 16.6. The van der Waals surface area contributed by atoms with Gasteiger partial charge in [-0.2, -0.15) is 13.2 Å². The van der Waals surface area contributed by atoms with Crippen molar-refractivity contribution >= 4 is 5.57 Å². The minimum Gasteiger partial charge on any atom is -0.424 e. The minimum absolute atomic E-state index is 0.161. The summed E-state index contributed by atoms with van der Waals surface area (Å²) in [4.78, 5) is 0. The molecule has 0 spiro atoms. The molecule has 23 heavy (non-hydrogen) atoms. The average Bonchev–Trinajstić information content (AvgIpc) is 2.99. The predicted molar refractivity (Wildman–Crippen MR) is 78.0 cm³/mol. The first-order valence-electron chi connectivity index (χ1n) is 6.97. The van der Waals surface area contributed by atoms with Crippen LogP contribution in [-0.2, 0) is 6.18 Å². The highest BCUT2D eigenvalue weighted by Crippen LogP contribution is 2.43. The molecule has 1 aliphatic heterocycles. The van der Waals surface area contributed by atoms with E-state index in [0.29, 0.717) is 11.3 Å². The largest absolute Gasteiger partial charge is 0.424 e. The summed E-state index contributed by atoms with van der Waals surface area (Å²) in [7, 11) is 0. The lowest BCUT2D eigenvalue weighted by molar-refractivity contribution is -0.138. The van der Waals surface area contributed by atoms with Crippen LogP contribution in [0.25, 0.3) is 5.57 Å². The number of nitrogens with zero attached hydrogens (tertiary/aromatic N) is 2. The molecule has 1 aromatic carbocycles. The minimum atomic E-state index is -4.43. The van der Waals surface area contributed by atoms with E-state index in [9.17, 15) is 13.2 Å². The van der Waals surface area contributed by atoms with Gasteiger partial charge in [0.15, 0.2) is 0 Å². The van der Waals surface area contributed by atoms with Crippen LogP contribution in [-0.4, -0.2) is 10.2 Å². The highest BCUT2D eigenvalue weighted by Gasteiger charge is 2.37. The number of hydrogen-bond acceptors (Lipinski definition) is 4. The molecule has 0 amide bonds. The Morgan fingerprint density at radius 3 is 2.57 bits per heavy atom. The van der Waals surface area contributed by atoms with Gasteiger partial charge in [-0.1, -0.05) is 24.3 Å². The van der Waals surface area contributed by atoms with Gasteiger partial charge in [-0.3, -0.25) is 0 Å². The number of benzene rings is 1. The average molecular weight is 321 g/mol. The quantitative estimate of drug-likeness (QED) is 0.904. The molecular weight excluding hydrogens is 307 g/mol. The van der Waals surface area contributed by atoms with Crippen molar-refractivity contribution in [3.05, 3.63) is 65.1 Å². The number of hydrogen-bond donors (Lipinski definition) is 1. The summed E-state index contributed by atoms with van der Waals surface area (Å²) in [6.45, 7) is 3.58. The van der Waals surface area contributed by atoms with Gasteiger partial charge in [0.25, 0.3) is 0 Å². The van der Waals surface area contributed by atoms with Gasteiger partial charge in [0, 0.05) is 22.9 Å². The predicted octanol–water partition coefficient (Wildman–Crippen LogP) is 4.11. The summed E-state index contributed by atoms with van der Waals surface area (Å²) in [6.07, 6.45) is -1.54. The SMILES string of the molecule is CC1=CC(c2ccccc2C(F)(F)F)C(c2nnco2)=C(C)N1. The second-order valence-electron chi connectivity index (χ2n) is 5.32. The molecule has 0 fully saturated rings. The first-order chi connectivity index (χ1) is 10.9. The zero-order valence-corrected chi connectivity index (χ0v) is 12.5. The summed E-state index contributed by atoms with van der Waals surface area (Å²) in [5.41, 5.74) is 1.50. The lowest BCUT2D eigenvalue weighted by Crippen LogP contribution is -2.21. The highest BCUT2D eigenvalue weighted by molar-refractivity contribution is 5.73. The Bertz CT molecular complexity index is 776. The van der Waals surface area contributed by atoms with Crippen LogP contribution in [0.15, 0.2) is 52.5 Å². The number of halogens is 3. The van der Waals surface area contributed by atoms with Crippen LogP contribution >= 0.6 is 0 Å². The maximum Gasteiger partial charge on any atom is 0.416 e. The molecule has 0 aliphatic carbocycles.